The number of para-hydroxylation sites is 1. The van der Waals surface area contributed by atoms with E-state index in [0.717, 1.165) is 48.2 Å². The highest BCUT2D eigenvalue weighted by Crippen LogP contribution is 2.37. The number of non-ortho nitro benzene ring substituents is 1. The Balaban J connectivity index is 1.42. The number of aromatic nitrogens is 4. The molecule has 1 fully saturated rings. The lowest BCUT2D eigenvalue weighted by Gasteiger charge is -2.36. The Morgan fingerprint density at radius 2 is 1.68 bits per heavy atom. The van der Waals surface area contributed by atoms with Crippen LogP contribution in [-0.4, -0.2) is 38.0 Å². The zero-order chi connectivity index (χ0) is 25.9. The molecule has 0 radical (unpaired) electrons. The van der Waals surface area contributed by atoms with Crippen LogP contribution >= 0.6 is 0 Å². The molecule has 9 nitrogen and oxygen atoms in total. The average Bonchev–Trinajstić information content (AvgIpc) is 3.41. The summed E-state index contributed by atoms with van der Waals surface area (Å²) >= 11 is 0. The molecule has 0 aliphatic carbocycles. The van der Waals surface area contributed by atoms with Crippen molar-refractivity contribution in [3.8, 4) is 0 Å². The topological polar surface area (TPSA) is 102 Å². The van der Waals surface area contributed by atoms with Crippen molar-refractivity contribution in [2.75, 3.05) is 23.3 Å². The first-order valence-corrected chi connectivity index (χ1v) is 12.7. The zero-order valence-electron chi connectivity index (χ0n) is 20.7. The molecule has 6 rings (SSSR count). The number of nitro groups is 1. The maximum Gasteiger partial charge on any atom is 0.270 e. The Hall–Kier alpha value is -4.79. The van der Waals surface area contributed by atoms with Crippen LogP contribution in [0.25, 0.3) is 11.0 Å². The first kappa shape index (κ1) is 23.6. The third-order valence-electron chi connectivity index (χ3n) is 7.19. The number of pyridine rings is 1. The Bertz CT molecular complexity index is 1550. The van der Waals surface area contributed by atoms with Crippen LogP contribution < -0.4 is 10.2 Å². The van der Waals surface area contributed by atoms with Crippen LogP contribution in [0.15, 0.2) is 97.2 Å². The number of piperidine rings is 1. The second-order valence-electron chi connectivity index (χ2n) is 9.46. The monoisotopic (exact) mass is 505 g/mol. The molecule has 9 heteroatoms. The average molecular weight is 506 g/mol. The second kappa shape index (κ2) is 10.3. The van der Waals surface area contributed by atoms with E-state index in [2.05, 4.69) is 49.8 Å². The van der Waals surface area contributed by atoms with Crippen LogP contribution in [0.2, 0.25) is 0 Å². The van der Waals surface area contributed by atoms with E-state index in [9.17, 15) is 10.1 Å². The SMILES string of the molecule is O=[N+]([O-])c1ccc(N2CCC(c3ccccc3)CC2)c([C@H](Nc2ccccn2)n2nnc3ccccc32)c1. The van der Waals surface area contributed by atoms with Gasteiger partial charge in [-0.05, 0) is 54.7 Å². The molecule has 3 aromatic carbocycles. The maximum absolute atomic E-state index is 11.8. The van der Waals surface area contributed by atoms with E-state index >= 15 is 0 Å². The van der Waals surface area contributed by atoms with Crippen LogP contribution in [0.4, 0.5) is 17.2 Å². The number of nitrogens with zero attached hydrogens (tertiary/aromatic N) is 6. The summed E-state index contributed by atoms with van der Waals surface area (Å²) in [6, 6.07) is 29.0. The minimum Gasteiger partial charge on any atom is -0.371 e. The summed E-state index contributed by atoms with van der Waals surface area (Å²) in [4.78, 5) is 18.3. The normalized spacial score (nSPS) is 14.9. The van der Waals surface area contributed by atoms with Gasteiger partial charge in [0.05, 0.1) is 10.4 Å². The zero-order valence-corrected chi connectivity index (χ0v) is 20.7. The fraction of sp³-hybridized carbons (Fsp3) is 0.207. The predicted octanol–water partition coefficient (Wildman–Crippen LogP) is 5.78. The lowest BCUT2D eigenvalue weighted by atomic mass is 9.89. The fourth-order valence-corrected chi connectivity index (χ4v) is 5.28. The van der Waals surface area contributed by atoms with Gasteiger partial charge in [0.2, 0.25) is 0 Å². The van der Waals surface area contributed by atoms with Crippen LogP contribution in [0.3, 0.4) is 0 Å². The van der Waals surface area contributed by atoms with Gasteiger partial charge in [-0.25, -0.2) is 9.67 Å². The number of hydrogen-bond acceptors (Lipinski definition) is 7. The van der Waals surface area contributed by atoms with Crippen LogP contribution in [0.1, 0.15) is 36.1 Å². The molecule has 1 saturated heterocycles. The summed E-state index contributed by atoms with van der Waals surface area (Å²) in [5, 5.41) is 24.1. The number of hydrogen-bond donors (Lipinski definition) is 1. The minimum absolute atomic E-state index is 0.0279. The van der Waals surface area contributed by atoms with Gasteiger partial charge < -0.3 is 10.2 Å². The van der Waals surface area contributed by atoms with Gasteiger partial charge >= 0.3 is 0 Å². The van der Waals surface area contributed by atoms with Crippen LogP contribution in [-0.2, 0) is 0 Å². The van der Waals surface area contributed by atoms with Gasteiger partial charge in [0, 0.05) is 42.7 Å². The summed E-state index contributed by atoms with van der Waals surface area (Å²) in [5.41, 5.74) is 4.64. The molecule has 0 amide bonds. The number of anilines is 2. The van der Waals surface area contributed by atoms with Gasteiger partial charge in [0.25, 0.3) is 5.69 Å². The van der Waals surface area contributed by atoms with Crippen LogP contribution in [0, 0.1) is 10.1 Å². The van der Waals surface area contributed by atoms with Crippen molar-refractivity contribution in [2.45, 2.75) is 24.9 Å². The summed E-state index contributed by atoms with van der Waals surface area (Å²) in [7, 11) is 0. The van der Waals surface area contributed by atoms with Crippen molar-refractivity contribution >= 4 is 28.2 Å². The van der Waals surface area contributed by atoms with E-state index in [0.29, 0.717) is 11.7 Å². The fourth-order valence-electron chi connectivity index (χ4n) is 5.28. The number of fused-ring (bicyclic) bond motifs is 1. The Morgan fingerprint density at radius 3 is 2.45 bits per heavy atom. The first-order valence-electron chi connectivity index (χ1n) is 12.7. The van der Waals surface area contributed by atoms with Crippen molar-refractivity contribution in [3.63, 3.8) is 0 Å². The standard InChI is InChI=1S/C29H27N7O2/c37-36(38)23-13-14-26(34-18-15-22(16-19-34)21-8-2-1-3-9-21)24(20-23)29(31-28-12-6-7-17-30-28)35-27-11-5-4-10-25(27)32-33-35/h1-14,17,20,22,29H,15-16,18-19H2,(H,30,31)/t29-/m1/s1. The highest BCUT2D eigenvalue weighted by molar-refractivity contribution is 5.75. The van der Waals surface area contributed by atoms with Gasteiger partial charge in [0.15, 0.2) is 6.17 Å². The first-order chi connectivity index (χ1) is 18.7. The molecule has 2 aromatic heterocycles. The van der Waals surface area contributed by atoms with E-state index in [4.69, 9.17) is 0 Å². The quantitative estimate of drug-likeness (QED) is 0.221. The second-order valence-corrected chi connectivity index (χ2v) is 9.46. The van der Waals surface area contributed by atoms with E-state index in [1.807, 2.05) is 54.6 Å². The lowest BCUT2D eigenvalue weighted by Crippen LogP contribution is -2.35. The molecule has 3 heterocycles. The van der Waals surface area contributed by atoms with E-state index in [1.54, 1.807) is 23.0 Å². The summed E-state index contributed by atoms with van der Waals surface area (Å²) in [5.74, 6) is 1.13. The molecular weight excluding hydrogens is 478 g/mol. The number of rotatable bonds is 7. The predicted molar refractivity (Wildman–Crippen MR) is 147 cm³/mol. The molecular formula is C29H27N7O2. The Morgan fingerprint density at radius 1 is 0.921 bits per heavy atom. The molecule has 0 unspecified atom stereocenters. The number of benzene rings is 3. The van der Waals surface area contributed by atoms with Crippen molar-refractivity contribution in [1.82, 2.24) is 20.0 Å². The van der Waals surface area contributed by atoms with E-state index in [1.165, 1.54) is 5.56 Å². The van der Waals surface area contributed by atoms with Crippen molar-refractivity contribution in [3.05, 3.63) is 118 Å². The van der Waals surface area contributed by atoms with Crippen LogP contribution in [0.5, 0.6) is 0 Å². The lowest BCUT2D eigenvalue weighted by molar-refractivity contribution is -0.384. The maximum atomic E-state index is 11.8. The number of nitro benzene ring substituents is 1. The van der Waals surface area contributed by atoms with Crippen molar-refractivity contribution < 1.29 is 4.92 Å². The highest BCUT2D eigenvalue weighted by Gasteiger charge is 2.28. The summed E-state index contributed by atoms with van der Waals surface area (Å²) < 4.78 is 1.78. The Labute approximate surface area is 219 Å². The molecule has 38 heavy (non-hydrogen) atoms. The molecule has 0 bridgehead atoms. The largest absolute Gasteiger partial charge is 0.371 e. The van der Waals surface area contributed by atoms with Gasteiger partial charge in [-0.15, -0.1) is 5.10 Å². The number of nitrogens with one attached hydrogen (secondary N) is 1. The van der Waals surface area contributed by atoms with E-state index in [-0.39, 0.29) is 10.6 Å². The van der Waals surface area contributed by atoms with E-state index < -0.39 is 6.17 Å². The molecule has 1 N–H and O–H groups in total. The third kappa shape index (κ3) is 4.66. The minimum atomic E-state index is -0.570. The van der Waals surface area contributed by atoms with Gasteiger partial charge in [-0.2, -0.15) is 0 Å². The Kier molecular flexibility index (Phi) is 6.39. The van der Waals surface area contributed by atoms with Crippen molar-refractivity contribution in [2.24, 2.45) is 0 Å². The van der Waals surface area contributed by atoms with Gasteiger partial charge in [-0.3, -0.25) is 10.1 Å². The summed E-state index contributed by atoms with van der Waals surface area (Å²) in [6.07, 6.45) is 3.15. The molecule has 1 atom stereocenters. The molecule has 0 spiro atoms. The summed E-state index contributed by atoms with van der Waals surface area (Å²) in [6.45, 7) is 1.69. The van der Waals surface area contributed by atoms with Gasteiger partial charge in [0.1, 0.15) is 11.3 Å². The highest BCUT2D eigenvalue weighted by atomic mass is 16.6. The molecule has 0 saturated carbocycles. The van der Waals surface area contributed by atoms with Gasteiger partial charge in [-0.1, -0.05) is 53.7 Å². The molecule has 5 aromatic rings. The van der Waals surface area contributed by atoms with Crippen molar-refractivity contribution in [1.29, 1.82) is 0 Å². The third-order valence-corrected chi connectivity index (χ3v) is 7.19. The molecule has 1 aliphatic heterocycles. The smallest absolute Gasteiger partial charge is 0.270 e. The molecule has 1 aliphatic rings. The molecule has 190 valence electrons.